The maximum atomic E-state index is 11.7. The van der Waals surface area contributed by atoms with Crippen LogP contribution in [0, 0.1) is 6.92 Å². The van der Waals surface area contributed by atoms with Gasteiger partial charge in [0.1, 0.15) is 10.8 Å². The molecule has 0 saturated carbocycles. The van der Waals surface area contributed by atoms with Crippen molar-refractivity contribution >= 4 is 50.6 Å². The molecular weight excluding hydrogens is 556 g/mol. The fraction of sp³-hybridized carbons (Fsp3) is 0.250. The molecule has 0 bridgehead atoms. The minimum Gasteiger partial charge on any atom is -0.481 e. The minimum absolute atomic E-state index is 0.0599. The number of carboxylic acid groups (broad SMARTS) is 1. The van der Waals surface area contributed by atoms with E-state index in [-0.39, 0.29) is 6.42 Å². The number of hydrogen-bond donors (Lipinski definition) is 2. The van der Waals surface area contributed by atoms with Gasteiger partial charge >= 0.3 is 5.97 Å². The second-order valence-corrected chi connectivity index (χ2v) is 12.4. The van der Waals surface area contributed by atoms with Crippen LogP contribution in [-0.4, -0.2) is 43.3 Å². The number of anilines is 2. The van der Waals surface area contributed by atoms with Gasteiger partial charge in [-0.1, -0.05) is 23.7 Å². The lowest BCUT2D eigenvalue weighted by atomic mass is 9.93. The fourth-order valence-electron chi connectivity index (χ4n) is 4.83. The molecule has 0 atom stereocenters. The highest BCUT2D eigenvalue weighted by molar-refractivity contribution is 7.22. The van der Waals surface area contributed by atoms with E-state index in [1.165, 1.54) is 5.56 Å². The summed E-state index contributed by atoms with van der Waals surface area (Å²) in [4.78, 5) is 27.8. The summed E-state index contributed by atoms with van der Waals surface area (Å²) in [5.74, 6) is 0.00894. The van der Waals surface area contributed by atoms with Gasteiger partial charge in [-0.3, -0.25) is 9.78 Å². The van der Waals surface area contributed by atoms with Crippen LogP contribution in [-0.2, 0) is 17.6 Å². The third kappa shape index (κ3) is 6.56. The SMILES string of the molecule is CC(C)(C)O.Cc1cc2nc(-c3ccnc(N4CCc5cnccc54)c3)sc2c(-c2ccc(Cl)cc2)c1CC(=O)O. The van der Waals surface area contributed by atoms with Gasteiger partial charge in [-0.05, 0) is 92.8 Å². The Balaban J connectivity index is 0.000000623. The normalized spacial score (nSPS) is 12.7. The molecule has 0 radical (unpaired) electrons. The van der Waals surface area contributed by atoms with Crippen LogP contribution < -0.4 is 4.90 Å². The topological polar surface area (TPSA) is 99.4 Å². The Morgan fingerprint density at radius 2 is 1.80 bits per heavy atom. The van der Waals surface area contributed by atoms with Crippen molar-refractivity contribution in [2.75, 3.05) is 11.4 Å². The molecule has 0 saturated heterocycles. The first-order valence-corrected chi connectivity index (χ1v) is 14.5. The van der Waals surface area contributed by atoms with Crippen LogP contribution >= 0.6 is 22.9 Å². The smallest absolute Gasteiger partial charge is 0.307 e. The monoisotopic (exact) mass is 586 g/mol. The molecule has 0 fully saturated rings. The van der Waals surface area contributed by atoms with Crippen LogP contribution in [0.15, 0.2) is 67.1 Å². The first kappa shape index (κ1) is 28.7. The van der Waals surface area contributed by atoms with Gasteiger partial charge in [0.05, 0.1) is 22.2 Å². The standard InChI is InChI=1S/C28H21ClN4O2S.C4H10O/c1-16-12-22-27(26(21(16)14-25(34)35)17-2-4-20(29)5-3-17)36-28(32-22)18-6-10-31-24(13-18)33-11-8-19-15-30-9-7-23(19)33;1-4(2,3)5/h2-7,9-10,12-13,15H,8,11,14H2,1H3,(H,34,35);5H,1-3H3. The van der Waals surface area contributed by atoms with Crippen molar-refractivity contribution in [3.63, 3.8) is 0 Å². The van der Waals surface area contributed by atoms with Crippen LogP contribution in [0.4, 0.5) is 11.5 Å². The van der Waals surface area contributed by atoms with E-state index in [4.69, 9.17) is 21.7 Å². The lowest BCUT2D eigenvalue weighted by Gasteiger charge is -2.18. The predicted octanol–water partition coefficient (Wildman–Crippen LogP) is 7.48. The molecule has 3 aromatic heterocycles. The summed E-state index contributed by atoms with van der Waals surface area (Å²) >= 11 is 7.71. The Hall–Kier alpha value is -3.85. The van der Waals surface area contributed by atoms with E-state index in [0.717, 1.165) is 67.5 Å². The quantitative estimate of drug-likeness (QED) is 0.220. The Bertz CT molecular complexity index is 1720. The van der Waals surface area contributed by atoms with Crippen molar-refractivity contribution < 1.29 is 15.0 Å². The number of rotatable bonds is 5. The van der Waals surface area contributed by atoms with Gasteiger partial charge in [-0.2, -0.15) is 0 Å². The van der Waals surface area contributed by atoms with E-state index in [1.807, 2.05) is 68.0 Å². The zero-order chi connectivity index (χ0) is 29.3. The van der Waals surface area contributed by atoms with Gasteiger partial charge in [-0.25, -0.2) is 9.97 Å². The molecular formula is C32H31ClN4O3S. The van der Waals surface area contributed by atoms with Crippen LogP contribution in [0.1, 0.15) is 37.5 Å². The number of aliphatic carboxylic acids is 1. The van der Waals surface area contributed by atoms with Crippen molar-refractivity contribution in [2.45, 2.75) is 46.1 Å². The number of nitrogens with zero attached hydrogens (tertiary/aromatic N) is 4. The number of benzene rings is 2. The highest BCUT2D eigenvalue weighted by Gasteiger charge is 2.23. The number of carboxylic acids is 1. The van der Waals surface area contributed by atoms with E-state index >= 15 is 0 Å². The maximum Gasteiger partial charge on any atom is 0.307 e. The highest BCUT2D eigenvalue weighted by atomic mass is 35.5. The zero-order valence-corrected chi connectivity index (χ0v) is 24.9. The first-order chi connectivity index (χ1) is 19.5. The van der Waals surface area contributed by atoms with Crippen LogP contribution in [0.3, 0.4) is 0 Å². The number of fused-ring (bicyclic) bond motifs is 2. The molecule has 2 aromatic carbocycles. The van der Waals surface area contributed by atoms with E-state index in [0.29, 0.717) is 5.02 Å². The molecule has 41 heavy (non-hydrogen) atoms. The summed E-state index contributed by atoms with van der Waals surface area (Å²) in [5.41, 5.74) is 7.22. The van der Waals surface area contributed by atoms with Gasteiger partial charge in [-0.15, -0.1) is 11.3 Å². The van der Waals surface area contributed by atoms with Gasteiger partial charge in [0.2, 0.25) is 0 Å². The molecule has 1 aliphatic heterocycles. The molecule has 0 unspecified atom stereocenters. The molecule has 0 spiro atoms. The van der Waals surface area contributed by atoms with E-state index in [1.54, 1.807) is 32.1 Å². The number of aromatic nitrogens is 3. The summed E-state index contributed by atoms with van der Waals surface area (Å²) in [7, 11) is 0. The molecule has 5 aromatic rings. The lowest BCUT2D eigenvalue weighted by Crippen LogP contribution is -2.14. The highest BCUT2D eigenvalue weighted by Crippen LogP contribution is 2.42. The fourth-order valence-corrected chi connectivity index (χ4v) is 6.09. The Labute approximate surface area is 248 Å². The molecule has 4 heterocycles. The molecule has 2 N–H and O–H groups in total. The summed E-state index contributed by atoms with van der Waals surface area (Å²) in [6.07, 6.45) is 6.42. The average Bonchev–Trinajstić information content (AvgIpc) is 3.53. The summed E-state index contributed by atoms with van der Waals surface area (Å²) in [6, 6.07) is 15.6. The second kappa shape index (κ2) is 11.6. The van der Waals surface area contributed by atoms with Crippen LogP contribution in [0.5, 0.6) is 0 Å². The molecule has 0 aliphatic carbocycles. The Morgan fingerprint density at radius 3 is 2.51 bits per heavy atom. The molecule has 9 heteroatoms. The van der Waals surface area contributed by atoms with Gasteiger partial charge in [0.15, 0.2) is 0 Å². The van der Waals surface area contributed by atoms with E-state index in [2.05, 4.69) is 20.9 Å². The molecule has 7 nitrogen and oxygen atoms in total. The van der Waals surface area contributed by atoms with E-state index < -0.39 is 11.6 Å². The largest absolute Gasteiger partial charge is 0.481 e. The number of aryl methyl sites for hydroxylation is 1. The second-order valence-electron chi connectivity index (χ2n) is 11.0. The first-order valence-electron chi connectivity index (χ1n) is 13.3. The van der Waals surface area contributed by atoms with Crippen molar-refractivity contribution in [3.8, 4) is 21.7 Å². The Kier molecular flexibility index (Phi) is 8.09. The molecule has 210 valence electrons. The predicted molar refractivity (Wildman–Crippen MR) is 166 cm³/mol. The van der Waals surface area contributed by atoms with Gasteiger partial charge < -0.3 is 15.1 Å². The number of aliphatic hydroxyl groups is 1. The van der Waals surface area contributed by atoms with Crippen LogP contribution in [0.25, 0.3) is 31.9 Å². The number of carbonyl (C=O) groups is 1. The number of hydrogen-bond acceptors (Lipinski definition) is 7. The summed E-state index contributed by atoms with van der Waals surface area (Å²) in [5, 5.41) is 19.6. The lowest BCUT2D eigenvalue weighted by molar-refractivity contribution is -0.136. The molecule has 6 rings (SSSR count). The van der Waals surface area contributed by atoms with Crippen molar-refractivity contribution in [1.82, 2.24) is 15.0 Å². The third-order valence-corrected chi connectivity index (χ3v) is 7.90. The average molecular weight is 587 g/mol. The van der Waals surface area contributed by atoms with Gasteiger partial charge in [0.25, 0.3) is 0 Å². The number of halogens is 1. The number of thiazole rings is 1. The minimum atomic E-state index is -0.864. The van der Waals surface area contributed by atoms with Crippen molar-refractivity contribution in [2.24, 2.45) is 0 Å². The van der Waals surface area contributed by atoms with Crippen molar-refractivity contribution in [1.29, 1.82) is 0 Å². The van der Waals surface area contributed by atoms with Gasteiger partial charge in [0, 0.05) is 47.0 Å². The third-order valence-electron chi connectivity index (χ3n) is 6.51. The molecule has 1 aliphatic rings. The van der Waals surface area contributed by atoms with Crippen LogP contribution in [0.2, 0.25) is 5.02 Å². The van der Waals surface area contributed by atoms with E-state index in [9.17, 15) is 9.90 Å². The number of pyridine rings is 2. The van der Waals surface area contributed by atoms with Crippen molar-refractivity contribution in [3.05, 3.63) is 88.8 Å². The Morgan fingerprint density at radius 1 is 1.07 bits per heavy atom. The maximum absolute atomic E-state index is 11.7. The molecule has 0 amide bonds. The summed E-state index contributed by atoms with van der Waals surface area (Å²) < 4.78 is 0.963. The zero-order valence-electron chi connectivity index (χ0n) is 23.3. The summed E-state index contributed by atoms with van der Waals surface area (Å²) in [6.45, 7) is 8.03.